The van der Waals surface area contributed by atoms with E-state index in [2.05, 4.69) is 40.3 Å². The Kier molecular flexibility index (Phi) is 5.21. The molecular weight excluding hydrogens is 478 g/mol. The van der Waals surface area contributed by atoms with Crippen molar-refractivity contribution in [2.24, 2.45) is 11.3 Å². The molecule has 190 valence electrons. The van der Waals surface area contributed by atoms with Crippen LogP contribution in [0.15, 0.2) is 52.7 Å². The number of nitrogens with zero attached hydrogens (tertiary/aromatic N) is 7. The normalized spacial score (nSPS) is 24.4. The molecule has 2 aliphatic carbocycles. The van der Waals surface area contributed by atoms with Gasteiger partial charge in [0, 0.05) is 29.4 Å². The fraction of sp³-hybridized carbons (Fsp3) is 0.345. The summed E-state index contributed by atoms with van der Waals surface area (Å²) in [6.07, 6.45) is 5.07. The molecule has 9 nitrogen and oxygen atoms in total. The van der Waals surface area contributed by atoms with Crippen molar-refractivity contribution in [1.29, 1.82) is 5.26 Å². The Morgan fingerprint density at radius 3 is 2.58 bits per heavy atom. The number of rotatable bonds is 3. The van der Waals surface area contributed by atoms with Crippen LogP contribution in [0, 0.1) is 36.5 Å². The fourth-order valence-corrected chi connectivity index (χ4v) is 6.19. The standard InChI is InChI=1S/C29H27N7O2/c1-16-12-20(15-31-33-16)19-6-8-22(9-7-19)36-26-23(24(34-36)27-32-18(3)38-35-27)10-11-28(4)17(2)25(37)21(14-30)13-29(26,28)5/h6-9,12-13,15,17H,10-11H2,1-5H3/t17-,28+,29-/m0/s1. The molecule has 1 aromatic carbocycles. The molecule has 3 atom stereocenters. The number of allylic oxidation sites excluding steroid dienone is 2. The largest absolute Gasteiger partial charge is 0.339 e. The molecule has 0 bridgehead atoms. The molecule has 0 N–H and O–H groups in total. The molecule has 0 fully saturated rings. The van der Waals surface area contributed by atoms with Crippen LogP contribution in [-0.2, 0) is 16.6 Å². The second-order valence-corrected chi connectivity index (χ2v) is 10.7. The van der Waals surface area contributed by atoms with Gasteiger partial charge in [0.2, 0.25) is 11.7 Å². The number of nitriles is 1. The minimum atomic E-state index is -0.631. The number of benzene rings is 1. The van der Waals surface area contributed by atoms with Gasteiger partial charge >= 0.3 is 0 Å². The average molecular weight is 506 g/mol. The number of ketones is 1. The van der Waals surface area contributed by atoms with Crippen molar-refractivity contribution in [3.63, 3.8) is 0 Å². The van der Waals surface area contributed by atoms with Gasteiger partial charge in [0.25, 0.3) is 0 Å². The van der Waals surface area contributed by atoms with Crippen molar-refractivity contribution in [2.45, 2.75) is 52.9 Å². The summed E-state index contributed by atoms with van der Waals surface area (Å²) in [6.45, 7) is 9.89. The second-order valence-electron chi connectivity index (χ2n) is 10.7. The molecule has 0 aliphatic heterocycles. The number of carbonyl (C=O) groups excluding carboxylic acids is 1. The third-order valence-corrected chi connectivity index (χ3v) is 8.69. The number of aromatic nitrogens is 6. The van der Waals surface area contributed by atoms with Crippen LogP contribution in [0.3, 0.4) is 0 Å². The van der Waals surface area contributed by atoms with Gasteiger partial charge in [0.05, 0.1) is 28.8 Å². The molecule has 0 unspecified atom stereocenters. The van der Waals surface area contributed by atoms with E-state index in [4.69, 9.17) is 9.62 Å². The zero-order valence-electron chi connectivity index (χ0n) is 22.0. The topological polar surface area (TPSA) is 123 Å². The monoisotopic (exact) mass is 505 g/mol. The molecule has 3 aromatic heterocycles. The lowest BCUT2D eigenvalue weighted by Gasteiger charge is -2.53. The Balaban J connectivity index is 1.59. The van der Waals surface area contributed by atoms with Gasteiger partial charge in [-0.25, -0.2) is 4.68 Å². The van der Waals surface area contributed by atoms with Crippen LogP contribution in [0.2, 0.25) is 0 Å². The van der Waals surface area contributed by atoms with Crippen molar-refractivity contribution in [3.8, 4) is 34.4 Å². The molecule has 3 heterocycles. The highest BCUT2D eigenvalue weighted by atomic mass is 16.5. The van der Waals surface area contributed by atoms with Gasteiger partial charge in [-0.3, -0.25) is 4.79 Å². The lowest BCUT2D eigenvalue weighted by atomic mass is 9.49. The summed E-state index contributed by atoms with van der Waals surface area (Å²) in [5.74, 6) is 0.485. The molecule has 0 radical (unpaired) electrons. The van der Waals surface area contributed by atoms with E-state index >= 15 is 0 Å². The third kappa shape index (κ3) is 3.29. The van der Waals surface area contributed by atoms with Gasteiger partial charge < -0.3 is 4.52 Å². The molecule has 0 saturated heterocycles. The predicted molar refractivity (Wildman–Crippen MR) is 139 cm³/mol. The molecule has 0 spiro atoms. The molecule has 4 aromatic rings. The van der Waals surface area contributed by atoms with E-state index in [0.717, 1.165) is 40.2 Å². The van der Waals surface area contributed by atoms with Gasteiger partial charge in [-0.05, 0) is 55.9 Å². The first-order valence-electron chi connectivity index (χ1n) is 12.7. The average Bonchev–Trinajstić information content (AvgIpc) is 3.52. The lowest BCUT2D eigenvalue weighted by Crippen LogP contribution is -2.54. The Labute approximate surface area is 220 Å². The van der Waals surface area contributed by atoms with E-state index < -0.39 is 10.8 Å². The zero-order valence-corrected chi connectivity index (χ0v) is 22.0. The van der Waals surface area contributed by atoms with Crippen LogP contribution in [-0.4, -0.2) is 35.9 Å². The van der Waals surface area contributed by atoms with Crippen molar-refractivity contribution in [1.82, 2.24) is 30.1 Å². The minimum absolute atomic E-state index is 0.0957. The summed E-state index contributed by atoms with van der Waals surface area (Å²) in [5.41, 5.74) is 5.49. The number of hydrogen-bond donors (Lipinski definition) is 0. The molecule has 0 saturated carbocycles. The molecule has 2 aliphatic rings. The molecule has 38 heavy (non-hydrogen) atoms. The zero-order chi connectivity index (χ0) is 26.8. The summed E-state index contributed by atoms with van der Waals surface area (Å²) >= 11 is 0. The van der Waals surface area contributed by atoms with E-state index in [1.807, 2.05) is 54.9 Å². The number of hydrogen-bond acceptors (Lipinski definition) is 8. The quantitative estimate of drug-likeness (QED) is 0.386. The van der Waals surface area contributed by atoms with Gasteiger partial charge in [-0.1, -0.05) is 37.2 Å². The van der Waals surface area contributed by atoms with E-state index in [1.165, 1.54) is 0 Å². The summed E-state index contributed by atoms with van der Waals surface area (Å²) in [6, 6.07) is 12.3. The van der Waals surface area contributed by atoms with E-state index in [-0.39, 0.29) is 17.3 Å². The van der Waals surface area contributed by atoms with E-state index in [0.29, 0.717) is 23.8 Å². The highest BCUT2D eigenvalue weighted by Gasteiger charge is 2.58. The van der Waals surface area contributed by atoms with Crippen molar-refractivity contribution < 1.29 is 9.32 Å². The highest BCUT2D eigenvalue weighted by Crippen LogP contribution is 2.59. The number of fused-ring (bicyclic) bond motifs is 3. The second kappa shape index (κ2) is 8.28. The van der Waals surface area contributed by atoms with Gasteiger partial charge in [0.15, 0.2) is 5.78 Å². The SMILES string of the molecule is Cc1cc(-c2ccc(-n3nc(-c4noc(C)n4)c4c3[C@]3(C)C=C(C#N)C(=O)[C@H](C)[C@@]3(C)CC4)cc2)cnn1. The molecule has 6 rings (SSSR count). The number of Topliss-reactive ketones (excluding diaryl/α,β-unsaturated/α-hetero) is 1. The van der Waals surface area contributed by atoms with Crippen molar-refractivity contribution in [2.75, 3.05) is 0 Å². The maximum atomic E-state index is 13.1. The van der Waals surface area contributed by atoms with E-state index in [9.17, 15) is 10.1 Å². The maximum Gasteiger partial charge on any atom is 0.223 e. The summed E-state index contributed by atoms with van der Waals surface area (Å²) in [7, 11) is 0. The summed E-state index contributed by atoms with van der Waals surface area (Å²) < 4.78 is 7.23. The third-order valence-electron chi connectivity index (χ3n) is 8.69. The first kappa shape index (κ1) is 23.9. The summed E-state index contributed by atoms with van der Waals surface area (Å²) in [4.78, 5) is 17.6. The Morgan fingerprint density at radius 1 is 1.16 bits per heavy atom. The van der Waals surface area contributed by atoms with Gasteiger partial charge in [-0.15, -0.1) is 0 Å². The van der Waals surface area contributed by atoms with Gasteiger partial charge in [0.1, 0.15) is 11.8 Å². The lowest BCUT2D eigenvalue weighted by molar-refractivity contribution is -0.125. The van der Waals surface area contributed by atoms with Crippen LogP contribution in [0.4, 0.5) is 0 Å². The van der Waals surface area contributed by atoms with Crippen molar-refractivity contribution >= 4 is 5.78 Å². The minimum Gasteiger partial charge on any atom is -0.339 e. The first-order valence-corrected chi connectivity index (χ1v) is 12.7. The number of carbonyl (C=O) groups is 1. The Hall–Kier alpha value is -4.45. The van der Waals surface area contributed by atoms with Crippen LogP contribution in [0.5, 0.6) is 0 Å². The Morgan fingerprint density at radius 2 is 1.92 bits per heavy atom. The van der Waals surface area contributed by atoms with Crippen LogP contribution >= 0.6 is 0 Å². The van der Waals surface area contributed by atoms with Crippen molar-refractivity contribution in [3.05, 3.63) is 71.0 Å². The van der Waals surface area contributed by atoms with Crippen LogP contribution < -0.4 is 0 Å². The molecular formula is C29H27N7O2. The maximum absolute atomic E-state index is 13.1. The highest BCUT2D eigenvalue weighted by molar-refractivity contribution is 6.02. The summed E-state index contributed by atoms with van der Waals surface area (Å²) in [5, 5.41) is 27.2. The predicted octanol–water partition coefficient (Wildman–Crippen LogP) is 4.88. The number of aryl methyl sites for hydroxylation is 2. The molecule has 0 amide bonds. The Bertz CT molecular complexity index is 1670. The van der Waals surface area contributed by atoms with E-state index in [1.54, 1.807) is 13.1 Å². The fourth-order valence-electron chi connectivity index (χ4n) is 6.19. The first-order chi connectivity index (χ1) is 18.2. The van der Waals surface area contributed by atoms with Gasteiger partial charge in [-0.2, -0.15) is 25.5 Å². The molecule has 9 heteroatoms. The van der Waals surface area contributed by atoms with Crippen LogP contribution in [0.1, 0.15) is 50.0 Å². The smallest absolute Gasteiger partial charge is 0.223 e. The van der Waals surface area contributed by atoms with Crippen LogP contribution in [0.25, 0.3) is 28.3 Å².